The van der Waals surface area contributed by atoms with Gasteiger partial charge in [-0.15, -0.1) is 0 Å². The van der Waals surface area contributed by atoms with Crippen LogP contribution in [0.3, 0.4) is 0 Å². The fourth-order valence-corrected chi connectivity index (χ4v) is 5.12. The molecule has 1 aliphatic rings. The van der Waals surface area contributed by atoms with Crippen LogP contribution >= 0.6 is 0 Å². The van der Waals surface area contributed by atoms with Crippen LogP contribution in [0.4, 0.5) is 0 Å². The van der Waals surface area contributed by atoms with E-state index in [4.69, 9.17) is 9.47 Å². The third kappa shape index (κ3) is 2.99. The number of methoxy groups -OCH3 is 2. The van der Waals surface area contributed by atoms with E-state index in [9.17, 15) is 18.0 Å². The Morgan fingerprint density at radius 2 is 1.54 bits per heavy atom. The summed E-state index contributed by atoms with van der Waals surface area (Å²) in [4.78, 5) is 24.3. The number of aryl methyl sites for hydroxylation is 1. The Bertz CT molecular complexity index is 963. The molecule has 26 heavy (non-hydrogen) atoms. The SMILES string of the molecule is COC(=O)c1cc2c(cc1C(=O)OC)C(S(=O)(=O)c1ccccc1)CC2. The maximum Gasteiger partial charge on any atom is 0.338 e. The molecule has 7 heteroatoms. The van der Waals surface area contributed by atoms with Crippen LogP contribution in [0.2, 0.25) is 0 Å². The van der Waals surface area contributed by atoms with Crippen molar-refractivity contribution in [2.24, 2.45) is 0 Å². The summed E-state index contributed by atoms with van der Waals surface area (Å²) in [5.74, 6) is -1.38. The third-order valence-corrected chi connectivity index (χ3v) is 6.73. The molecule has 0 aliphatic heterocycles. The van der Waals surface area contributed by atoms with Gasteiger partial charge in [0.25, 0.3) is 0 Å². The van der Waals surface area contributed by atoms with E-state index >= 15 is 0 Å². The van der Waals surface area contributed by atoms with Crippen LogP contribution in [-0.4, -0.2) is 34.6 Å². The molecular formula is C19H18O6S. The molecule has 1 unspecified atom stereocenters. The summed E-state index contributed by atoms with van der Waals surface area (Å²) >= 11 is 0. The number of carbonyl (C=O) groups excluding carboxylic acids is 2. The van der Waals surface area contributed by atoms with E-state index in [1.807, 2.05) is 0 Å². The number of sulfone groups is 1. The summed E-state index contributed by atoms with van der Waals surface area (Å²) in [5, 5.41) is -0.769. The van der Waals surface area contributed by atoms with Crippen LogP contribution < -0.4 is 0 Å². The van der Waals surface area contributed by atoms with Crippen LogP contribution in [0.25, 0.3) is 0 Å². The standard InChI is InChI=1S/C19H18O6S/c1-24-18(20)15-10-12-8-9-17(14(12)11-16(15)19(21)25-2)26(22,23)13-6-4-3-5-7-13/h3-7,10-11,17H,8-9H2,1-2H3. The molecule has 0 N–H and O–H groups in total. The van der Waals surface area contributed by atoms with Gasteiger partial charge in [-0.1, -0.05) is 18.2 Å². The first kappa shape index (κ1) is 18.1. The number of carbonyl (C=O) groups is 2. The molecule has 0 heterocycles. The van der Waals surface area contributed by atoms with Gasteiger partial charge in [-0.3, -0.25) is 0 Å². The zero-order valence-corrected chi connectivity index (χ0v) is 15.2. The summed E-state index contributed by atoms with van der Waals surface area (Å²) in [6, 6.07) is 11.2. The van der Waals surface area contributed by atoms with E-state index in [0.29, 0.717) is 18.4 Å². The molecule has 0 saturated carbocycles. The van der Waals surface area contributed by atoms with Gasteiger partial charge in [0.05, 0.1) is 35.5 Å². The summed E-state index contributed by atoms with van der Waals surface area (Å²) in [6.07, 6.45) is 0.884. The molecule has 1 atom stereocenters. The molecular weight excluding hydrogens is 356 g/mol. The molecule has 1 aliphatic carbocycles. The normalized spacial score (nSPS) is 16.0. The molecule has 3 rings (SSSR count). The molecule has 0 spiro atoms. The minimum Gasteiger partial charge on any atom is -0.465 e. The number of benzene rings is 2. The van der Waals surface area contributed by atoms with Crippen molar-refractivity contribution in [1.29, 1.82) is 0 Å². The minimum atomic E-state index is -3.61. The largest absolute Gasteiger partial charge is 0.465 e. The average molecular weight is 374 g/mol. The second-order valence-corrected chi connectivity index (χ2v) is 8.10. The molecule has 6 nitrogen and oxygen atoms in total. The van der Waals surface area contributed by atoms with Gasteiger partial charge in [0.15, 0.2) is 9.84 Å². The van der Waals surface area contributed by atoms with Gasteiger partial charge in [-0.25, -0.2) is 18.0 Å². The average Bonchev–Trinajstić information content (AvgIpc) is 3.10. The van der Waals surface area contributed by atoms with E-state index in [-0.39, 0.29) is 16.0 Å². The Morgan fingerprint density at radius 3 is 2.12 bits per heavy atom. The molecule has 2 aromatic carbocycles. The maximum atomic E-state index is 13.0. The van der Waals surface area contributed by atoms with Crippen molar-refractivity contribution in [2.75, 3.05) is 14.2 Å². The highest BCUT2D eigenvalue weighted by molar-refractivity contribution is 7.91. The molecule has 0 bridgehead atoms. The number of esters is 2. The topological polar surface area (TPSA) is 86.7 Å². The predicted molar refractivity (Wildman–Crippen MR) is 93.8 cm³/mol. The number of fused-ring (bicyclic) bond motifs is 1. The van der Waals surface area contributed by atoms with E-state index in [1.54, 1.807) is 30.3 Å². The van der Waals surface area contributed by atoms with Gasteiger partial charge >= 0.3 is 11.9 Å². The highest BCUT2D eigenvalue weighted by Gasteiger charge is 2.36. The van der Waals surface area contributed by atoms with Crippen LogP contribution in [0.15, 0.2) is 47.4 Å². The maximum absolute atomic E-state index is 13.0. The summed E-state index contributed by atoms with van der Waals surface area (Å²) in [6.45, 7) is 0. The smallest absolute Gasteiger partial charge is 0.338 e. The Balaban J connectivity index is 2.14. The quantitative estimate of drug-likeness (QED) is 0.765. The van der Waals surface area contributed by atoms with Crippen molar-refractivity contribution in [3.63, 3.8) is 0 Å². The van der Waals surface area contributed by atoms with Crippen molar-refractivity contribution in [2.45, 2.75) is 23.0 Å². The lowest BCUT2D eigenvalue weighted by Crippen LogP contribution is -2.15. The number of hydrogen-bond acceptors (Lipinski definition) is 6. The molecule has 136 valence electrons. The highest BCUT2D eigenvalue weighted by atomic mass is 32.2. The summed E-state index contributed by atoms with van der Waals surface area (Å²) in [5.41, 5.74) is 1.34. The summed E-state index contributed by atoms with van der Waals surface area (Å²) < 4.78 is 35.5. The monoisotopic (exact) mass is 374 g/mol. The zero-order valence-electron chi connectivity index (χ0n) is 14.4. The first-order chi connectivity index (χ1) is 12.4. The Kier molecular flexibility index (Phi) is 4.82. The molecule has 2 aromatic rings. The Morgan fingerprint density at radius 1 is 0.962 bits per heavy atom. The number of ether oxygens (including phenoxy) is 2. The first-order valence-corrected chi connectivity index (χ1v) is 9.57. The van der Waals surface area contributed by atoms with Gasteiger partial charge in [0.1, 0.15) is 0 Å². The van der Waals surface area contributed by atoms with Crippen molar-refractivity contribution >= 4 is 21.8 Å². The van der Waals surface area contributed by atoms with Crippen LogP contribution in [0, 0.1) is 0 Å². The van der Waals surface area contributed by atoms with E-state index < -0.39 is 27.0 Å². The summed E-state index contributed by atoms with van der Waals surface area (Å²) in [7, 11) is -1.18. The van der Waals surface area contributed by atoms with E-state index in [1.165, 1.54) is 26.4 Å². The number of hydrogen-bond donors (Lipinski definition) is 0. The van der Waals surface area contributed by atoms with Crippen LogP contribution in [0.5, 0.6) is 0 Å². The minimum absolute atomic E-state index is 0.00765. The lowest BCUT2D eigenvalue weighted by molar-refractivity contribution is 0.0555. The number of rotatable bonds is 4. The van der Waals surface area contributed by atoms with Gasteiger partial charge < -0.3 is 9.47 Å². The van der Waals surface area contributed by atoms with Crippen molar-refractivity contribution in [3.8, 4) is 0 Å². The fraction of sp³-hybridized carbons (Fsp3) is 0.263. The molecule has 0 radical (unpaired) electrons. The van der Waals surface area contributed by atoms with Crippen LogP contribution in [0.1, 0.15) is 43.5 Å². The molecule has 0 saturated heterocycles. The predicted octanol–water partition coefficient (Wildman–Crippen LogP) is 2.72. The lowest BCUT2D eigenvalue weighted by Gasteiger charge is -2.15. The van der Waals surface area contributed by atoms with Gasteiger partial charge in [-0.2, -0.15) is 0 Å². The molecule has 0 amide bonds. The second-order valence-electron chi connectivity index (χ2n) is 5.97. The van der Waals surface area contributed by atoms with Gasteiger partial charge in [0, 0.05) is 0 Å². The zero-order chi connectivity index (χ0) is 18.9. The second kappa shape index (κ2) is 6.92. The third-order valence-electron chi connectivity index (χ3n) is 4.56. The first-order valence-electron chi connectivity index (χ1n) is 8.02. The van der Waals surface area contributed by atoms with Gasteiger partial charge in [0.2, 0.25) is 0 Å². The van der Waals surface area contributed by atoms with Crippen molar-refractivity contribution < 1.29 is 27.5 Å². The van der Waals surface area contributed by atoms with Crippen molar-refractivity contribution in [1.82, 2.24) is 0 Å². The Labute approximate surface area is 151 Å². The van der Waals surface area contributed by atoms with E-state index in [2.05, 4.69) is 0 Å². The van der Waals surface area contributed by atoms with E-state index in [0.717, 1.165) is 5.56 Å². The van der Waals surface area contributed by atoms with Gasteiger partial charge in [-0.05, 0) is 48.2 Å². The molecule has 0 aromatic heterocycles. The molecule has 0 fully saturated rings. The highest BCUT2D eigenvalue weighted by Crippen LogP contribution is 2.41. The van der Waals surface area contributed by atoms with Crippen molar-refractivity contribution in [3.05, 3.63) is 64.7 Å². The fourth-order valence-electron chi connectivity index (χ4n) is 3.27. The Hall–Kier alpha value is -2.67. The van der Waals surface area contributed by atoms with Crippen LogP contribution in [-0.2, 0) is 25.7 Å². The lowest BCUT2D eigenvalue weighted by atomic mass is 10.00.